The van der Waals surface area contributed by atoms with Gasteiger partial charge in [-0.3, -0.25) is 0 Å². The monoisotopic (exact) mass is 583 g/mol. The van der Waals surface area contributed by atoms with Crippen molar-refractivity contribution in [3.8, 4) is 0 Å². The van der Waals surface area contributed by atoms with E-state index < -0.39 is 38.3 Å². The molecule has 3 aromatic rings. The zero-order valence-electron chi connectivity index (χ0n) is 19.2. The zero-order valence-corrected chi connectivity index (χ0v) is 21.6. The standard InChI is InChI=1S/C22H20Cl2F5N5O2S/c1-30-7-8-33(2)19-9-13(22(27,28)29)3-5-17(19)32-18-11-16(26)20(10-15(18)23)37(35,36)34(24)21-6-4-14(25)12-31-21/h3-6,9-12,30,32H,7-8H2,1-2H3. The molecule has 15 heteroatoms. The van der Waals surface area contributed by atoms with E-state index in [4.69, 9.17) is 23.4 Å². The summed E-state index contributed by atoms with van der Waals surface area (Å²) < 4.78 is 93.9. The second-order valence-corrected chi connectivity index (χ2v) is 10.4. The van der Waals surface area contributed by atoms with Crippen molar-refractivity contribution in [3.05, 3.63) is 70.9 Å². The Morgan fingerprint density at radius 3 is 2.35 bits per heavy atom. The largest absolute Gasteiger partial charge is 0.416 e. The number of nitrogens with one attached hydrogen (secondary N) is 2. The molecule has 37 heavy (non-hydrogen) atoms. The first-order valence-electron chi connectivity index (χ1n) is 10.4. The molecule has 0 radical (unpaired) electrons. The predicted octanol–water partition coefficient (Wildman–Crippen LogP) is 5.78. The van der Waals surface area contributed by atoms with Crippen LogP contribution in [0.5, 0.6) is 0 Å². The maximum atomic E-state index is 15.0. The quantitative estimate of drug-likeness (QED) is 0.245. The lowest BCUT2D eigenvalue weighted by atomic mass is 10.1. The van der Waals surface area contributed by atoms with Crippen LogP contribution in [0.3, 0.4) is 0 Å². The molecule has 0 unspecified atom stereocenters. The highest BCUT2D eigenvalue weighted by atomic mass is 35.5. The zero-order chi connectivity index (χ0) is 27.5. The third-order valence-corrected chi connectivity index (χ3v) is 7.61. The van der Waals surface area contributed by atoms with E-state index in [-0.39, 0.29) is 31.7 Å². The van der Waals surface area contributed by atoms with Crippen molar-refractivity contribution in [2.45, 2.75) is 11.1 Å². The van der Waals surface area contributed by atoms with Crippen LogP contribution in [0.25, 0.3) is 0 Å². The lowest BCUT2D eigenvalue weighted by Gasteiger charge is -2.25. The van der Waals surface area contributed by atoms with Crippen LogP contribution in [-0.4, -0.2) is 40.6 Å². The van der Waals surface area contributed by atoms with Crippen molar-refractivity contribution >= 4 is 56.3 Å². The minimum absolute atomic E-state index is 0.109. The number of anilines is 4. The fraction of sp³-hybridized carbons (Fsp3) is 0.227. The topological polar surface area (TPSA) is 77.6 Å². The molecule has 2 N–H and O–H groups in total. The summed E-state index contributed by atoms with van der Waals surface area (Å²) in [7, 11) is -1.45. The summed E-state index contributed by atoms with van der Waals surface area (Å²) in [6.45, 7) is 0.806. The molecule has 1 aromatic heterocycles. The molecule has 0 amide bonds. The van der Waals surface area contributed by atoms with Crippen LogP contribution < -0.4 is 19.4 Å². The minimum atomic E-state index is -4.72. The first-order valence-corrected chi connectivity index (χ1v) is 12.6. The number of benzene rings is 2. The van der Waals surface area contributed by atoms with Gasteiger partial charge in [-0.25, -0.2) is 13.8 Å². The number of nitrogens with zero attached hydrogens (tertiary/aromatic N) is 3. The summed E-state index contributed by atoms with van der Waals surface area (Å²) in [4.78, 5) is 4.20. The molecular weight excluding hydrogens is 564 g/mol. The highest BCUT2D eigenvalue weighted by molar-refractivity contribution is 7.94. The third kappa shape index (κ3) is 6.53. The third-order valence-electron chi connectivity index (χ3n) is 5.11. The first kappa shape index (κ1) is 28.7. The van der Waals surface area contributed by atoms with Crippen molar-refractivity contribution < 1.29 is 30.4 Å². The Balaban J connectivity index is 1.99. The van der Waals surface area contributed by atoms with Gasteiger partial charge >= 0.3 is 6.18 Å². The van der Waals surface area contributed by atoms with E-state index >= 15 is 4.39 Å². The summed E-state index contributed by atoms with van der Waals surface area (Å²) in [5.41, 5.74) is -0.688. The number of likely N-dealkylation sites (N-methyl/N-ethyl adjacent to an activating group) is 2. The van der Waals surface area contributed by atoms with Crippen LogP contribution >= 0.6 is 23.4 Å². The first-order chi connectivity index (χ1) is 17.3. The van der Waals surface area contributed by atoms with Crippen LogP contribution in [0.2, 0.25) is 5.02 Å². The molecule has 7 nitrogen and oxygen atoms in total. The molecule has 3 rings (SSSR count). The Bertz CT molecular complexity index is 1380. The molecular formula is C22H20Cl2F5N5O2S. The molecule has 0 saturated heterocycles. The fourth-order valence-corrected chi connectivity index (χ4v) is 4.88. The van der Waals surface area contributed by atoms with Gasteiger partial charge in [0.1, 0.15) is 16.5 Å². The van der Waals surface area contributed by atoms with Gasteiger partial charge in [-0.2, -0.15) is 25.4 Å². The average Bonchev–Trinajstić information content (AvgIpc) is 2.84. The Morgan fingerprint density at radius 2 is 1.76 bits per heavy atom. The average molecular weight is 584 g/mol. The number of halogens is 7. The van der Waals surface area contributed by atoms with Crippen molar-refractivity contribution in [2.75, 3.05) is 41.2 Å². The summed E-state index contributed by atoms with van der Waals surface area (Å²) in [6, 6.07) is 6.40. The van der Waals surface area contributed by atoms with Gasteiger partial charge in [0.05, 0.1) is 33.8 Å². The molecule has 1 heterocycles. The molecule has 0 atom stereocenters. The van der Waals surface area contributed by atoms with Gasteiger partial charge in [-0.05, 0) is 43.4 Å². The van der Waals surface area contributed by atoms with Crippen LogP contribution in [0.4, 0.5) is 44.8 Å². The van der Waals surface area contributed by atoms with Gasteiger partial charge in [0.2, 0.25) is 0 Å². The minimum Gasteiger partial charge on any atom is -0.372 e. The van der Waals surface area contributed by atoms with Gasteiger partial charge in [0.15, 0.2) is 5.82 Å². The molecule has 0 aliphatic carbocycles. The number of alkyl halides is 3. The Kier molecular flexibility index (Phi) is 8.73. The van der Waals surface area contributed by atoms with Crippen LogP contribution in [-0.2, 0) is 16.2 Å². The van der Waals surface area contributed by atoms with Gasteiger partial charge in [-0.1, -0.05) is 11.6 Å². The SMILES string of the molecule is CNCCN(C)c1cc(C(F)(F)F)ccc1Nc1cc(F)c(S(=O)(=O)N(Cl)c2ccc(F)cn2)cc1Cl. The smallest absolute Gasteiger partial charge is 0.372 e. The van der Waals surface area contributed by atoms with E-state index in [1.807, 2.05) is 0 Å². The lowest BCUT2D eigenvalue weighted by Crippen LogP contribution is -2.28. The van der Waals surface area contributed by atoms with Crippen molar-refractivity contribution in [1.29, 1.82) is 0 Å². The van der Waals surface area contributed by atoms with Gasteiger partial charge in [0.25, 0.3) is 10.0 Å². The Labute approximate surface area is 220 Å². The van der Waals surface area contributed by atoms with Crippen LogP contribution in [0.15, 0.2) is 53.6 Å². The van der Waals surface area contributed by atoms with Gasteiger partial charge < -0.3 is 15.5 Å². The number of sulfonamides is 1. The summed E-state index contributed by atoms with van der Waals surface area (Å²) >= 11 is 12.1. The number of hydrogen-bond donors (Lipinski definition) is 2. The number of rotatable bonds is 9. The van der Waals surface area contributed by atoms with E-state index in [0.717, 1.165) is 48.7 Å². The number of pyridine rings is 1. The van der Waals surface area contributed by atoms with Gasteiger partial charge in [-0.15, -0.1) is 0 Å². The second kappa shape index (κ2) is 11.3. The summed E-state index contributed by atoms with van der Waals surface area (Å²) in [5.74, 6) is -2.38. The van der Waals surface area contributed by atoms with E-state index in [9.17, 15) is 26.0 Å². The molecule has 0 fully saturated rings. The summed E-state index contributed by atoms with van der Waals surface area (Å²) in [5, 5.41) is 5.40. The highest BCUT2D eigenvalue weighted by Crippen LogP contribution is 2.39. The molecule has 0 spiro atoms. The maximum Gasteiger partial charge on any atom is 0.416 e. The lowest BCUT2D eigenvalue weighted by molar-refractivity contribution is -0.137. The van der Waals surface area contributed by atoms with Gasteiger partial charge in [0, 0.05) is 38.0 Å². The molecule has 0 saturated carbocycles. The fourth-order valence-electron chi connectivity index (χ4n) is 3.18. The van der Waals surface area contributed by atoms with Crippen molar-refractivity contribution in [1.82, 2.24) is 10.3 Å². The van der Waals surface area contributed by atoms with E-state index in [0.29, 0.717) is 13.1 Å². The maximum absolute atomic E-state index is 15.0. The number of aromatic nitrogens is 1. The summed E-state index contributed by atoms with van der Waals surface area (Å²) in [6.07, 6.45) is -3.87. The Hall–Kier alpha value is -2.87. The van der Waals surface area contributed by atoms with Crippen LogP contribution in [0.1, 0.15) is 5.56 Å². The van der Waals surface area contributed by atoms with E-state index in [1.165, 1.54) is 0 Å². The van der Waals surface area contributed by atoms with E-state index in [2.05, 4.69) is 15.6 Å². The normalized spacial score (nSPS) is 11.9. The van der Waals surface area contributed by atoms with Crippen molar-refractivity contribution in [2.24, 2.45) is 0 Å². The molecule has 2 aromatic carbocycles. The van der Waals surface area contributed by atoms with E-state index in [1.54, 1.807) is 19.0 Å². The molecule has 0 bridgehead atoms. The van der Waals surface area contributed by atoms with Crippen LogP contribution in [0, 0.1) is 11.6 Å². The predicted molar refractivity (Wildman–Crippen MR) is 133 cm³/mol. The Morgan fingerprint density at radius 1 is 1.05 bits per heavy atom. The molecule has 0 aliphatic rings. The van der Waals surface area contributed by atoms with Crippen molar-refractivity contribution in [3.63, 3.8) is 0 Å². The highest BCUT2D eigenvalue weighted by Gasteiger charge is 2.32. The number of hydrogen-bond acceptors (Lipinski definition) is 6. The second-order valence-electron chi connectivity index (χ2n) is 7.70. The molecule has 200 valence electrons. The molecule has 0 aliphatic heterocycles.